The van der Waals surface area contributed by atoms with Gasteiger partial charge in [-0.3, -0.25) is 9.78 Å². The summed E-state index contributed by atoms with van der Waals surface area (Å²) in [7, 11) is 0. The van der Waals surface area contributed by atoms with Crippen LogP contribution in [0.4, 0.5) is 5.69 Å². The number of pyridine rings is 1. The number of aromatic nitrogens is 1. The number of nitrogens with zero attached hydrogens (tertiary/aromatic N) is 1. The van der Waals surface area contributed by atoms with Crippen molar-refractivity contribution >= 4 is 50.0 Å². The molecule has 0 radical (unpaired) electrons. The highest BCUT2D eigenvalue weighted by Crippen LogP contribution is 2.27. The molecule has 23 heavy (non-hydrogen) atoms. The summed E-state index contributed by atoms with van der Waals surface area (Å²) in [5.41, 5.74) is 1.52. The zero-order valence-electron chi connectivity index (χ0n) is 11.9. The number of benzene rings is 2. The van der Waals surface area contributed by atoms with Gasteiger partial charge in [0.05, 0.1) is 16.2 Å². The van der Waals surface area contributed by atoms with Gasteiger partial charge in [0.2, 0.25) is 0 Å². The van der Waals surface area contributed by atoms with E-state index in [-0.39, 0.29) is 12.5 Å². The smallest absolute Gasteiger partial charge is 0.262 e. The van der Waals surface area contributed by atoms with E-state index in [1.54, 1.807) is 24.4 Å². The monoisotopic (exact) mass is 390 g/mol. The molecule has 1 amide bonds. The molecular formula is C17H12BrClN2O2. The quantitative estimate of drug-likeness (QED) is 0.703. The van der Waals surface area contributed by atoms with E-state index < -0.39 is 0 Å². The lowest BCUT2D eigenvalue weighted by Gasteiger charge is -2.10. The number of amides is 1. The number of carbonyl (C=O) groups is 1. The minimum absolute atomic E-state index is 0.127. The maximum absolute atomic E-state index is 12.1. The number of nitrogens with one attached hydrogen (secondary N) is 1. The Balaban J connectivity index is 1.69. The third kappa shape index (κ3) is 3.81. The number of anilines is 1. The standard InChI is InChI=1S/C17H12BrClN2O2/c18-11-6-7-16(13(19)9-11)23-10-17(22)21-15-5-1-4-14-12(15)3-2-8-20-14/h1-9H,10H2,(H,21,22). The van der Waals surface area contributed by atoms with E-state index >= 15 is 0 Å². The summed E-state index contributed by atoms with van der Waals surface area (Å²) in [6.07, 6.45) is 1.71. The number of rotatable bonds is 4. The van der Waals surface area contributed by atoms with Crippen molar-refractivity contribution in [1.82, 2.24) is 4.98 Å². The second-order valence-corrected chi connectivity index (χ2v) is 6.11. The van der Waals surface area contributed by atoms with E-state index in [1.165, 1.54) is 0 Å². The maximum atomic E-state index is 12.1. The molecule has 1 heterocycles. The molecule has 3 rings (SSSR count). The maximum Gasteiger partial charge on any atom is 0.262 e. The number of ether oxygens (including phenoxy) is 1. The first-order valence-corrected chi connectivity index (χ1v) is 8.02. The van der Waals surface area contributed by atoms with Crippen molar-refractivity contribution in [2.75, 3.05) is 11.9 Å². The molecule has 2 aromatic carbocycles. The van der Waals surface area contributed by atoms with E-state index in [9.17, 15) is 4.79 Å². The van der Waals surface area contributed by atoms with Crippen LogP contribution in [0.5, 0.6) is 5.75 Å². The van der Waals surface area contributed by atoms with Crippen LogP contribution < -0.4 is 10.1 Å². The molecule has 1 aromatic heterocycles. The molecular weight excluding hydrogens is 380 g/mol. The van der Waals surface area contributed by atoms with Gasteiger partial charge in [-0.15, -0.1) is 0 Å². The van der Waals surface area contributed by atoms with Gasteiger partial charge in [-0.05, 0) is 42.5 Å². The van der Waals surface area contributed by atoms with Crippen molar-refractivity contribution in [3.05, 3.63) is 64.2 Å². The molecule has 1 N–H and O–H groups in total. The lowest BCUT2D eigenvalue weighted by molar-refractivity contribution is -0.118. The van der Waals surface area contributed by atoms with Crippen LogP contribution in [-0.4, -0.2) is 17.5 Å². The van der Waals surface area contributed by atoms with Gasteiger partial charge in [-0.1, -0.05) is 33.6 Å². The van der Waals surface area contributed by atoms with Crippen LogP contribution in [0.3, 0.4) is 0 Å². The Morgan fingerprint density at radius 2 is 2.09 bits per heavy atom. The lowest BCUT2D eigenvalue weighted by atomic mass is 10.2. The summed E-state index contributed by atoms with van der Waals surface area (Å²) >= 11 is 9.37. The first kappa shape index (κ1) is 15.8. The molecule has 0 aliphatic rings. The third-order valence-electron chi connectivity index (χ3n) is 3.17. The van der Waals surface area contributed by atoms with Gasteiger partial charge >= 0.3 is 0 Å². The number of fused-ring (bicyclic) bond motifs is 1. The fraction of sp³-hybridized carbons (Fsp3) is 0.0588. The molecule has 0 aliphatic carbocycles. The normalized spacial score (nSPS) is 10.5. The molecule has 116 valence electrons. The molecule has 0 atom stereocenters. The Morgan fingerprint density at radius 1 is 1.22 bits per heavy atom. The van der Waals surface area contributed by atoms with Crippen LogP contribution in [0.15, 0.2) is 59.2 Å². The topological polar surface area (TPSA) is 51.2 Å². The zero-order chi connectivity index (χ0) is 16.2. The average molecular weight is 392 g/mol. The summed E-state index contributed by atoms with van der Waals surface area (Å²) in [6, 6.07) is 14.5. The van der Waals surface area contributed by atoms with E-state index in [2.05, 4.69) is 26.2 Å². The summed E-state index contributed by atoms with van der Waals surface area (Å²) in [4.78, 5) is 16.4. The minimum Gasteiger partial charge on any atom is -0.482 e. The highest BCUT2D eigenvalue weighted by molar-refractivity contribution is 9.10. The molecule has 4 nitrogen and oxygen atoms in total. The average Bonchev–Trinajstić information content (AvgIpc) is 2.54. The van der Waals surface area contributed by atoms with Crippen molar-refractivity contribution in [3.8, 4) is 5.75 Å². The molecule has 6 heteroatoms. The largest absolute Gasteiger partial charge is 0.482 e. The molecule has 3 aromatic rings. The summed E-state index contributed by atoms with van der Waals surface area (Å²) in [5.74, 6) is 0.199. The van der Waals surface area contributed by atoms with Crippen molar-refractivity contribution in [2.45, 2.75) is 0 Å². The SMILES string of the molecule is O=C(COc1ccc(Br)cc1Cl)Nc1cccc2ncccc12. The molecule has 0 fully saturated rings. The first-order chi connectivity index (χ1) is 11.1. The Labute approximate surface area is 146 Å². The van der Waals surface area contributed by atoms with Crippen LogP contribution in [0.1, 0.15) is 0 Å². The molecule has 0 aliphatic heterocycles. The third-order valence-corrected chi connectivity index (χ3v) is 3.96. The van der Waals surface area contributed by atoms with Gasteiger partial charge in [-0.25, -0.2) is 0 Å². The summed E-state index contributed by atoms with van der Waals surface area (Å²) in [6.45, 7) is -0.127. The van der Waals surface area contributed by atoms with Gasteiger partial charge < -0.3 is 10.1 Å². The highest BCUT2D eigenvalue weighted by Gasteiger charge is 2.09. The number of hydrogen-bond acceptors (Lipinski definition) is 3. The molecule has 0 spiro atoms. The predicted octanol–water partition coefficient (Wildman–Crippen LogP) is 4.67. The van der Waals surface area contributed by atoms with Gasteiger partial charge in [0.15, 0.2) is 6.61 Å². The molecule has 0 unspecified atom stereocenters. The van der Waals surface area contributed by atoms with Crippen LogP contribution in [0.2, 0.25) is 5.02 Å². The Morgan fingerprint density at radius 3 is 2.91 bits per heavy atom. The van der Waals surface area contributed by atoms with Crippen molar-refractivity contribution in [1.29, 1.82) is 0 Å². The van der Waals surface area contributed by atoms with Crippen LogP contribution in [-0.2, 0) is 4.79 Å². The number of hydrogen-bond donors (Lipinski definition) is 1. The zero-order valence-corrected chi connectivity index (χ0v) is 14.3. The Bertz CT molecular complexity index is 865. The highest BCUT2D eigenvalue weighted by atomic mass is 79.9. The van der Waals surface area contributed by atoms with E-state index in [4.69, 9.17) is 16.3 Å². The van der Waals surface area contributed by atoms with Crippen molar-refractivity contribution in [3.63, 3.8) is 0 Å². The van der Waals surface area contributed by atoms with Gasteiger partial charge in [0.1, 0.15) is 5.75 Å². The fourth-order valence-electron chi connectivity index (χ4n) is 2.13. The predicted molar refractivity (Wildman–Crippen MR) is 95.0 cm³/mol. The van der Waals surface area contributed by atoms with Crippen LogP contribution >= 0.6 is 27.5 Å². The second-order valence-electron chi connectivity index (χ2n) is 4.79. The number of halogens is 2. The van der Waals surface area contributed by atoms with Gasteiger partial charge in [0.25, 0.3) is 5.91 Å². The van der Waals surface area contributed by atoms with E-state index in [0.717, 1.165) is 15.4 Å². The first-order valence-electron chi connectivity index (χ1n) is 6.85. The number of carbonyl (C=O) groups excluding carboxylic acids is 1. The summed E-state index contributed by atoms with van der Waals surface area (Å²) in [5, 5.41) is 4.16. The van der Waals surface area contributed by atoms with E-state index in [1.807, 2.05) is 30.3 Å². The Hall–Kier alpha value is -2.11. The van der Waals surface area contributed by atoms with Gasteiger partial charge in [0, 0.05) is 16.1 Å². The van der Waals surface area contributed by atoms with Crippen molar-refractivity contribution in [2.24, 2.45) is 0 Å². The van der Waals surface area contributed by atoms with Crippen LogP contribution in [0.25, 0.3) is 10.9 Å². The van der Waals surface area contributed by atoms with E-state index in [0.29, 0.717) is 16.5 Å². The molecule has 0 bridgehead atoms. The molecule has 0 saturated carbocycles. The van der Waals surface area contributed by atoms with Crippen LogP contribution in [0, 0.1) is 0 Å². The fourth-order valence-corrected chi connectivity index (χ4v) is 2.86. The van der Waals surface area contributed by atoms with Crippen molar-refractivity contribution < 1.29 is 9.53 Å². The minimum atomic E-state index is -0.264. The second kappa shape index (κ2) is 6.98. The lowest BCUT2D eigenvalue weighted by Crippen LogP contribution is -2.20. The molecule has 0 saturated heterocycles. The summed E-state index contributed by atoms with van der Waals surface area (Å²) < 4.78 is 6.31. The Kier molecular flexibility index (Phi) is 4.79. The van der Waals surface area contributed by atoms with Gasteiger partial charge in [-0.2, -0.15) is 0 Å².